The Bertz CT molecular complexity index is 419. The van der Waals surface area contributed by atoms with Crippen LogP contribution in [-0.4, -0.2) is 42.2 Å². The van der Waals surface area contributed by atoms with Crippen molar-refractivity contribution in [3.63, 3.8) is 0 Å². The van der Waals surface area contributed by atoms with E-state index in [9.17, 15) is 4.79 Å². The van der Waals surface area contributed by atoms with E-state index in [1.54, 1.807) is 6.07 Å². The van der Waals surface area contributed by atoms with Gasteiger partial charge in [0.25, 0.3) is 0 Å². The Morgan fingerprint density at radius 3 is 3.00 bits per heavy atom. The molecule has 18 heavy (non-hydrogen) atoms. The molecule has 0 saturated carbocycles. The lowest BCUT2D eigenvalue weighted by molar-refractivity contribution is 0.0702. The summed E-state index contributed by atoms with van der Waals surface area (Å²) in [5.74, 6) is -0.193. The maximum Gasteiger partial charge on any atom is 0.345 e. The summed E-state index contributed by atoms with van der Waals surface area (Å²) in [7, 11) is 2.16. The second-order valence-corrected chi connectivity index (χ2v) is 6.26. The molecule has 2 unspecified atom stereocenters. The van der Waals surface area contributed by atoms with Crippen molar-refractivity contribution in [3.8, 4) is 0 Å². The summed E-state index contributed by atoms with van der Waals surface area (Å²) in [6.07, 6.45) is 1.16. The van der Waals surface area contributed by atoms with Crippen LogP contribution in [0.1, 0.15) is 27.9 Å². The number of nitrogens with one attached hydrogen (secondary N) is 1. The number of thiophene rings is 1. The van der Waals surface area contributed by atoms with E-state index in [-0.39, 0.29) is 0 Å². The molecule has 1 aliphatic heterocycles. The average Bonchev–Trinajstić information content (AvgIpc) is 2.76. The smallest absolute Gasteiger partial charge is 0.345 e. The van der Waals surface area contributed by atoms with E-state index in [2.05, 4.69) is 24.2 Å². The summed E-state index contributed by atoms with van der Waals surface area (Å²) >= 11 is 1.36. The third kappa shape index (κ3) is 3.31. The average molecular weight is 268 g/mol. The summed E-state index contributed by atoms with van der Waals surface area (Å²) in [6.45, 7) is 5.30. The highest BCUT2D eigenvalue weighted by Gasteiger charge is 2.23. The lowest BCUT2D eigenvalue weighted by atomic mass is 9.94. The number of carboxylic acid groups (broad SMARTS) is 1. The molecule has 0 amide bonds. The van der Waals surface area contributed by atoms with Gasteiger partial charge in [0, 0.05) is 24.0 Å². The van der Waals surface area contributed by atoms with E-state index < -0.39 is 5.97 Å². The van der Waals surface area contributed by atoms with Crippen LogP contribution in [0.5, 0.6) is 0 Å². The van der Waals surface area contributed by atoms with Crippen molar-refractivity contribution >= 4 is 17.3 Å². The van der Waals surface area contributed by atoms with Gasteiger partial charge in [0.1, 0.15) is 4.88 Å². The van der Waals surface area contributed by atoms with Crippen molar-refractivity contribution in [2.75, 3.05) is 20.1 Å². The van der Waals surface area contributed by atoms with Gasteiger partial charge in [-0.15, -0.1) is 11.3 Å². The van der Waals surface area contributed by atoms with E-state index in [0.717, 1.165) is 30.9 Å². The second kappa shape index (κ2) is 5.82. The Hall–Kier alpha value is -0.910. The van der Waals surface area contributed by atoms with Gasteiger partial charge in [-0.05, 0) is 38.1 Å². The van der Waals surface area contributed by atoms with Gasteiger partial charge in [-0.1, -0.05) is 6.92 Å². The number of hydrogen-bond acceptors (Lipinski definition) is 4. The number of carboxylic acids is 1. The number of aromatic carboxylic acids is 1. The Morgan fingerprint density at radius 2 is 2.39 bits per heavy atom. The van der Waals surface area contributed by atoms with Gasteiger partial charge in [0.05, 0.1) is 0 Å². The molecule has 5 heteroatoms. The van der Waals surface area contributed by atoms with E-state index in [1.165, 1.54) is 11.3 Å². The number of piperidine rings is 1. The van der Waals surface area contributed by atoms with Gasteiger partial charge >= 0.3 is 5.97 Å². The first-order valence-electron chi connectivity index (χ1n) is 6.30. The Kier molecular flexibility index (Phi) is 4.37. The molecule has 100 valence electrons. The van der Waals surface area contributed by atoms with Crippen LogP contribution >= 0.6 is 11.3 Å². The predicted octanol–water partition coefficient (Wildman–Crippen LogP) is 1.88. The minimum Gasteiger partial charge on any atom is -0.477 e. The number of rotatable bonds is 4. The summed E-state index contributed by atoms with van der Waals surface area (Å²) < 4.78 is 0. The molecule has 1 saturated heterocycles. The maximum atomic E-state index is 10.8. The maximum absolute atomic E-state index is 10.8. The molecule has 2 N–H and O–H groups in total. The van der Waals surface area contributed by atoms with E-state index in [0.29, 0.717) is 16.8 Å². The summed E-state index contributed by atoms with van der Waals surface area (Å²) in [5.41, 5.74) is 0. The van der Waals surface area contributed by atoms with Gasteiger partial charge in [0.2, 0.25) is 0 Å². The minimum atomic E-state index is -0.834. The van der Waals surface area contributed by atoms with Crippen LogP contribution in [0.4, 0.5) is 0 Å². The first-order chi connectivity index (χ1) is 8.56. The fraction of sp³-hybridized carbons (Fsp3) is 0.615. The Morgan fingerprint density at radius 1 is 1.61 bits per heavy atom. The van der Waals surface area contributed by atoms with Crippen LogP contribution in [0.3, 0.4) is 0 Å². The summed E-state index contributed by atoms with van der Waals surface area (Å²) in [5, 5.41) is 12.4. The fourth-order valence-corrected chi connectivity index (χ4v) is 3.27. The normalized spacial score (nSPS) is 25.2. The fourth-order valence-electron chi connectivity index (χ4n) is 2.48. The van der Waals surface area contributed by atoms with Crippen LogP contribution in [-0.2, 0) is 6.54 Å². The first-order valence-corrected chi connectivity index (χ1v) is 7.12. The SMILES string of the molecule is CC1CN(C)CCC1NCc1ccc(C(=O)O)s1. The zero-order valence-corrected chi connectivity index (χ0v) is 11.7. The molecule has 2 heterocycles. The first kappa shape index (κ1) is 13.5. The topological polar surface area (TPSA) is 52.6 Å². The van der Waals surface area contributed by atoms with Crippen LogP contribution in [0.15, 0.2) is 12.1 Å². The van der Waals surface area contributed by atoms with Crippen molar-refractivity contribution in [2.45, 2.75) is 25.9 Å². The standard InChI is InChI=1S/C13H20N2O2S/c1-9-8-15(2)6-5-11(9)14-7-10-3-4-12(18-10)13(16)17/h3-4,9,11,14H,5-8H2,1-2H3,(H,16,17). The molecule has 0 radical (unpaired) electrons. The van der Waals surface area contributed by atoms with Crippen LogP contribution in [0.2, 0.25) is 0 Å². The zero-order valence-electron chi connectivity index (χ0n) is 10.8. The van der Waals surface area contributed by atoms with Gasteiger partial charge in [0.15, 0.2) is 0 Å². The monoisotopic (exact) mass is 268 g/mol. The van der Waals surface area contributed by atoms with Crippen LogP contribution < -0.4 is 5.32 Å². The van der Waals surface area contributed by atoms with Crippen molar-refractivity contribution in [1.29, 1.82) is 0 Å². The van der Waals surface area contributed by atoms with Crippen LogP contribution in [0, 0.1) is 5.92 Å². The number of hydrogen-bond donors (Lipinski definition) is 2. The predicted molar refractivity (Wildman–Crippen MR) is 73.2 cm³/mol. The summed E-state index contributed by atoms with van der Waals surface area (Å²) in [6, 6.07) is 4.12. The molecule has 2 rings (SSSR count). The highest BCUT2D eigenvalue weighted by molar-refractivity contribution is 7.13. The lowest BCUT2D eigenvalue weighted by Gasteiger charge is -2.35. The van der Waals surface area contributed by atoms with E-state index in [4.69, 9.17) is 5.11 Å². The third-order valence-electron chi connectivity index (χ3n) is 3.52. The van der Waals surface area contributed by atoms with E-state index >= 15 is 0 Å². The number of nitrogens with zero attached hydrogens (tertiary/aromatic N) is 1. The highest BCUT2D eigenvalue weighted by Crippen LogP contribution is 2.19. The van der Waals surface area contributed by atoms with Crippen LogP contribution in [0.25, 0.3) is 0 Å². The second-order valence-electron chi connectivity index (χ2n) is 5.09. The Labute approximate surface area is 112 Å². The zero-order chi connectivity index (χ0) is 13.1. The largest absolute Gasteiger partial charge is 0.477 e. The third-order valence-corrected chi connectivity index (χ3v) is 4.59. The molecule has 0 bridgehead atoms. The molecule has 1 fully saturated rings. The molecule has 1 aliphatic rings. The van der Waals surface area contributed by atoms with Gasteiger partial charge in [-0.3, -0.25) is 0 Å². The van der Waals surface area contributed by atoms with Crippen molar-refractivity contribution < 1.29 is 9.90 Å². The molecule has 0 aliphatic carbocycles. The minimum absolute atomic E-state index is 0.420. The molecule has 1 aromatic heterocycles. The van der Waals surface area contributed by atoms with Gasteiger partial charge in [-0.25, -0.2) is 4.79 Å². The van der Waals surface area contributed by atoms with Gasteiger partial charge in [-0.2, -0.15) is 0 Å². The molecule has 2 atom stereocenters. The highest BCUT2D eigenvalue weighted by atomic mass is 32.1. The summed E-state index contributed by atoms with van der Waals surface area (Å²) in [4.78, 5) is 14.7. The molecular weight excluding hydrogens is 248 g/mol. The molecular formula is C13H20N2O2S. The lowest BCUT2D eigenvalue weighted by Crippen LogP contribution is -2.46. The van der Waals surface area contributed by atoms with Crippen molar-refractivity contribution in [1.82, 2.24) is 10.2 Å². The van der Waals surface area contributed by atoms with Crippen molar-refractivity contribution in [2.24, 2.45) is 5.92 Å². The van der Waals surface area contributed by atoms with E-state index in [1.807, 2.05) is 6.07 Å². The molecule has 4 nitrogen and oxygen atoms in total. The molecule has 0 aromatic carbocycles. The number of carbonyl (C=O) groups is 1. The quantitative estimate of drug-likeness (QED) is 0.875. The molecule has 1 aromatic rings. The molecule has 0 spiro atoms. The Balaban J connectivity index is 1.85. The number of likely N-dealkylation sites (tertiary alicyclic amines) is 1. The van der Waals surface area contributed by atoms with Crippen molar-refractivity contribution in [3.05, 3.63) is 21.9 Å². The van der Waals surface area contributed by atoms with Gasteiger partial charge < -0.3 is 15.3 Å².